The first kappa shape index (κ1) is 14.1. The number of hydrogen-bond donors (Lipinski definition) is 1. The van der Waals surface area contributed by atoms with Gasteiger partial charge in [-0.2, -0.15) is 0 Å². The molecule has 0 amide bonds. The molecule has 2 heterocycles. The molecule has 21 heavy (non-hydrogen) atoms. The lowest BCUT2D eigenvalue weighted by Crippen LogP contribution is -2.18. The van der Waals surface area contributed by atoms with E-state index in [2.05, 4.69) is 24.5 Å². The predicted molar refractivity (Wildman–Crippen MR) is 87.0 cm³/mol. The van der Waals surface area contributed by atoms with Gasteiger partial charge in [-0.3, -0.25) is 0 Å². The molecule has 0 spiro atoms. The molecule has 0 aliphatic rings. The van der Waals surface area contributed by atoms with E-state index < -0.39 is 0 Å². The average Bonchev–Trinajstić information content (AvgIpc) is 3.12. The van der Waals surface area contributed by atoms with E-state index in [1.165, 1.54) is 0 Å². The Kier molecular flexibility index (Phi) is 3.69. The molecule has 110 valence electrons. The Labute approximate surface area is 128 Å². The van der Waals surface area contributed by atoms with Gasteiger partial charge in [-0.25, -0.2) is 4.98 Å². The quantitative estimate of drug-likeness (QED) is 0.798. The molecule has 0 bridgehead atoms. The van der Waals surface area contributed by atoms with Crippen LogP contribution in [0.3, 0.4) is 0 Å². The van der Waals surface area contributed by atoms with Crippen LogP contribution >= 0.6 is 11.3 Å². The summed E-state index contributed by atoms with van der Waals surface area (Å²) in [6, 6.07) is 10.1. The van der Waals surface area contributed by atoms with Crippen molar-refractivity contribution in [1.82, 2.24) is 9.55 Å². The van der Waals surface area contributed by atoms with E-state index in [0.29, 0.717) is 6.04 Å². The number of rotatable bonds is 4. The van der Waals surface area contributed by atoms with Crippen molar-refractivity contribution in [3.63, 3.8) is 0 Å². The number of ether oxygens (including phenoxy) is 1. The van der Waals surface area contributed by atoms with Crippen LogP contribution in [0.1, 0.15) is 36.6 Å². The highest BCUT2D eigenvalue weighted by Crippen LogP contribution is 2.30. The van der Waals surface area contributed by atoms with Gasteiger partial charge in [0.15, 0.2) is 0 Å². The lowest BCUT2D eigenvalue weighted by Gasteiger charge is -2.16. The van der Waals surface area contributed by atoms with Crippen molar-refractivity contribution >= 4 is 22.4 Å². The van der Waals surface area contributed by atoms with Gasteiger partial charge in [0, 0.05) is 17.0 Å². The fourth-order valence-corrected chi connectivity index (χ4v) is 3.31. The van der Waals surface area contributed by atoms with Crippen LogP contribution < -0.4 is 10.5 Å². The molecule has 5 heteroatoms. The molecule has 0 fully saturated rings. The second-order valence-electron chi connectivity index (χ2n) is 5.28. The molecule has 1 atom stereocenters. The second-order valence-corrected chi connectivity index (χ2v) is 6.26. The van der Waals surface area contributed by atoms with Crippen LogP contribution in [0.25, 0.3) is 11.0 Å². The van der Waals surface area contributed by atoms with Gasteiger partial charge in [-0.05, 0) is 37.4 Å². The van der Waals surface area contributed by atoms with Crippen LogP contribution in [0.2, 0.25) is 0 Å². The lowest BCUT2D eigenvalue weighted by molar-refractivity contribution is 0.415. The van der Waals surface area contributed by atoms with E-state index in [0.717, 1.165) is 27.5 Å². The number of hydrogen-bond acceptors (Lipinski definition) is 4. The van der Waals surface area contributed by atoms with E-state index in [1.54, 1.807) is 18.4 Å². The molecule has 0 saturated carbocycles. The van der Waals surface area contributed by atoms with Crippen LogP contribution in [0.5, 0.6) is 5.75 Å². The number of methoxy groups -OCH3 is 1. The number of nitrogens with two attached hydrogens (primary N) is 1. The Hall–Kier alpha value is -1.85. The van der Waals surface area contributed by atoms with E-state index in [9.17, 15) is 0 Å². The Bertz CT molecular complexity index is 746. The first-order chi connectivity index (χ1) is 10.1. The van der Waals surface area contributed by atoms with Crippen molar-refractivity contribution in [1.29, 1.82) is 0 Å². The highest BCUT2D eigenvalue weighted by Gasteiger charge is 2.21. The number of thiophene rings is 1. The standard InChI is InChI=1S/C16H19N3OS/c1-10(2)19-13-7-6-11(20-3)9-12(13)18-16(19)15(17)14-5-4-8-21-14/h4-10,15H,17H2,1-3H3. The van der Waals surface area contributed by atoms with Gasteiger partial charge in [0.1, 0.15) is 11.6 Å². The first-order valence-corrected chi connectivity index (χ1v) is 7.84. The van der Waals surface area contributed by atoms with Crippen LogP contribution in [-0.4, -0.2) is 16.7 Å². The summed E-state index contributed by atoms with van der Waals surface area (Å²) in [5.74, 6) is 1.71. The van der Waals surface area contributed by atoms with Crippen molar-refractivity contribution in [3.8, 4) is 5.75 Å². The van der Waals surface area contributed by atoms with Crippen LogP contribution in [0.15, 0.2) is 35.7 Å². The predicted octanol–water partition coefficient (Wildman–Crippen LogP) is 3.74. The minimum Gasteiger partial charge on any atom is -0.497 e. The lowest BCUT2D eigenvalue weighted by atomic mass is 10.2. The Balaban J connectivity index is 2.19. The van der Waals surface area contributed by atoms with E-state index in [4.69, 9.17) is 15.5 Å². The second kappa shape index (κ2) is 5.50. The Morgan fingerprint density at radius 2 is 2.10 bits per heavy atom. The van der Waals surface area contributed by atoms with E-state index in [1.807, 2.05) is 29.6 Å². The van der Waals surface area contributed by atoms with E-state index >= 15 is 0 Å². The summed E-state index contributed by atoms with van der Waals surface area (Å²) in [6.45, 7) is 4.30. The molecule has 2 N–H and O–H groups in total. The molecule has 0 aliphatic carbocycles. The Morgan fingerprint density at radius 3 is 2.71 bits per heavy atom. The first-order valence-electron chi connectivity index (χ1n) is 6.96. The average molecular weight is 301 g/mol. The van der Waals surface area contributed by atoms with Gasteiger partial charge in [-0.1, -0.05) is 6.07 Å². The maximum Gasteiger partial charge on any atom is 0.132 e. The topological polar surface area (TPSA) is 53.1 Å². The van der Waals surface area contributed by atoms with E-state index in [-0.39, 0.29) is 6.04 Å². The molecule has 3 rings (SSSR count). The maximum absolute atomic E-state index is 6.43. The van der Waals surface area contributed by atoms with Gasteiger partial charge in [-0.15, -0.1) is 11.3 Å². The fraction of sp³-hybridized carbons (Fsp3) is 0.312. The van der Waals surface area contributed by atoms with Gasteiger partial charge in [0.2, 0.25) is 0 Å². The third kappa shape index (κ3) is 2.43. The summed E-state index contributed by atoms with van der Waals surface area (Å²) in [6.07, 6.45) is 0. The Morgan fingerprint density at radius 1 is 1.29 bits per heavy atom. The highest BCUT2D eigenvalue weighted by atomic mass is 32.1. The third-order valence-corrected chi connectivity index (χ3v) is 4.52. The van der Waals surface area contributed by atoms with Gasteiger partial charge in [0.25, 0.3) is 0 Å². The van der Waals surface area contributed by atoms with Crippen molar-refractivity contribution in [2.45, 2.75) is 25.9 Å². The maximum atomic E-state index is 6.43. The fourth-order valence-electron chi connectivity index (χ4n) is 2.58. The monoisotopic (exact) mass is 301 g/mol. The third-order valence-electron chi connectivity index (χ3n) is 3.57. The van der Waals surface area contributed by atoms with Crippen molar-refractivity contribution in [3.05, 3.63) is 46.4 Å². The molecular weight excluding hydrogens is 282 g/mol. The van der Waals surface area contributed by atoms with Crippen molar-refractivity contribution < 1.29 is 4.74 Å². The SMILES string of the molecule is COc1ccc2c(c1)nc(C(N)c1cccs1)n2C(C)C. The minimum atomic E-state index is -0.203. The summed E-state index contributed by atoms with van der Waals surface area (Å²) in [5, 5.41) is 2.04. The summed E-state index contributed by atoms with van der Waals surface area (Å²) >= 11 is 1.66. The van der Waals surface area contributed by atoms with Crippen LogP contribution in [0, 0.1) is 0 Å². The molecule has 0 aliphatic heterocycles. The molecule has 0 radical (unpaired) electrons. The molecule has 3 aromatic rings. The van der Waals surface area contributed by atoms with Crippen molar-refractivity contribution in [2.75, 3.05) is 7.11 Å². The molecule has 1 aromatic carbocycles. The minimum absolute atomic E-state index is 0.203. The molecule has 0 saturated heterocycles. The zero-order chi connectivity index (χ0) is 15.0. The zero-order valence-electron chi connectivity index (χ0n) is 12.4. The number of aromatic nitrogens is 2. The smallest absolute Gasteiger partial charge is 0.132 e. The summed E-state index contributed by atoms with van der Waals surface area (Å²) in [5.41, 5.74) is 8.44. The number of benzene rings is 1. The van der Waals surface area contributed by atoms with Crippen LogP contribution in [-0.2, 0) is 0 Å². The molecule has 4 nitrogen and oxygen atoms in total. The summed E-state index contributed by atoms with van der Waals surface area (Å²) < 4.78 is 7.49. The largest absolute Gasteiger partial charge is 0.497 e. The molecule has 2 aromatic heterocycles. The van der Waals surface area contributed by atoms with Crippen LogP contribution in [0.4, 0.5) is 0 Å². The normalized spacial score (nSPS) is 13.0. The summed E-state index contributed by atoms with van der Waals surface area (Å²) in [4.78, 5) is 5.89. The number of imidazole rings is 1. The van der Waals surface area contributed by atoms with Crippen molar-refractivity contribution in [2.24, 2.45) is 5.73 Å². The van der Waals surface area contributed by atoms with Gasteiger partial charge >= 0.3 is 0 Å². The highest BCUT2D eigenvalue weighted by molar-refractivity contribution is 7.10. The molecule has 1 unspecified atom stereocenters. The van der Waals surface area contributed by atoms with Gasteiger partial charge < -0.3 is 15.0 Å². The summed E-state index contributed by atoms with van der Waals surface area (Å²) in [7, 11) is 1.67. The zero-order valence-corrected chi connectivity index (χ0v) is 13.2. The molecular formula is C16H19N3OS. The number of nitrogens with zero attached hydrogens (tertiary/aromatic N) is 2. The number of fused-ring (bicyclic) bond motifs is 1. The van der Waals surface area contributed by atoms with Gasteiger partial charge in [0.05, 0.1) is 24.2 Å².